The molecule has 0 aliphatic carbocycles. The van der Waals surface area contributed by atoms with E-state index in [1.165, 1.54) is 0 Å². The van der Waals surface area contributed by atoms with E-state index in [0.717, 1.165) is 6.29 Å². The summed E-state index contributed by atoms with van der Waals surface area (Å²) < 4.78 is 0. The molecular weight excluding hydrogens is 186 g/mol. The summed E-state index contributed by atoms with van der Waals surface area (Å²) in [6, 6.07) is -0.181. The molecule has 0 saturated carbocycles. The highest BCUT2D eigenvalue weighted by Crippen LogP contribution is 1.82. The lowest BCUT2D eigenvalue weighted by Crippen LogP contribution is -2.27. The van der Waals surface area contributed by atoms with Gasteiger partial charge in [-0.15, -0.1) is 17.0 Å². The normalized spacial score (nSPS) is 11.8. The van der Waals surface area contributed by atoms with Crippen LogP contribution in [0.25, 0.3) is 0 Å². The quantitative estimate of drug-likeness (QED) is 0.611. The number of aldehydes is 1. The van der Waals surface area contributed by atoms with Gasteiger partial charge in [-0.25, -0.2) is 0 Å². The van der Waals surface area contributed by atoms with Crippen molar-refractivity contribution in [2.45, 2.75) is 12.5 Å². The van der Waals surface area contributed by atoms with E-state index in [4.69, 9.17) is 5.11 Å². The number of halogens is 1. The number of rotatable bonds is 4. The van der Waals surface area contributed by atoms with E-state index in [2.05, 4.69) is 5.32 Å². The smallest absolute Gasteiger partial charge is 0.136 e. The minimum absolute atomic E-state index is 0. The Morgan fingerprint density at radius 1 is 1.78 bits per heavy atom. The molecule has 0 fully saturated rings. The van der Waals surface area contributed by atoms with Crippen LogP contribution in [-0.4, -0.2) is 31.1 Å². The van der Waals surface area contributed by atoms with Gasteiger partial charge in [0.1, 0.15) is 6.29 Å². The van der Waals surface area contributed by atoms with E-state index in [0.29, 0.717) is 6.42 Å². The molecule has 0 radical (unpaired) electrons. The Morgan fingerprint density at radius 3 is 2.44 bits per heavy atom. The highest BCUT2D eigenvalue weighted by Gasteiger charge is 1.99. The van der Waals surface area contributed by atoms with Crippen LogP contribution in [0.2, 0.25) is 0 Å². The van der Waals surface area contributed by atoms with Gasteiger partial charge >= 0.3 is 0 Å². The second kappa shape index (κ2) is 8.07. The van der Waals surface area contributed by atoms with Crippen molar-refractivity contribution in [2.75, 3.05) is 13.7 Å². The topological polar surface area (TPSA) is 49.3 Å². The zero-order chi connectivity index (χ0) is 6.41. The molecule has 0 aliphatic rings. The summed E-state index contributed by atoms with van der Waals surface area (Å²) in [5.74, 6) is 0. The molecule has 0 amide bonds. The van der Waals surface area contributed by atoms with Crippen molar-refractivity contribution in [1.82, 2.24) is 5.32 Å². The predicted molar refractivity (Wildman–Crippen MR) is 40.9 cm³/mol. The summed E-state index contributed by atoms with van der Waals surface area (Å²) in [4.78, 5) is 9.95. The number of aliphatic hydroxyl groups is 1. The molecule has 0 rings (SSSR count). The highest BCUT2D eigenvalue weighted by molar-refractivity contribution is 8.93. The summed E-state index contributed by atoms with van der Waals surface area (Å²) in [5.41, 5.74) is 0. The van der Waals surface area contributed by atoms with E-state index in [-0.39, 0.29) is 29.6 Å². The fourth-order valence-electron chi connectivity index (χ4n) is 0.420. The van der Waals surface area contributed by atoms with Crippen LogP contribution in [0.1, 0.15) is 6.42 Å². The summed E-state index contributed by atoms with van der Waals surface area (Å²) in [6.45, 7) is 0.0598. The molecule has 0 heterocycles. The molecule has 2 N–H and O–H groups in total. The molecule has 0 aromatic carbocycles. The van der Waals surface area contributed by atoms with Crippen LogP contribution in [0, 0.1) is 0 Å². The summed E-state index contributed by atoms with van der Waals surface area (Å²) in [7, 11) is 1.69. The zero-order valence-corrected chi connectivity index (χ0v) is 7.05. The van der Waals surface area contributed by atoms with Gasteiger partial charge in [-0.3, -0.25) is 0 Å². The van der Waals surface area contributed by atoms with Gasteiger partial charge in [0.15, 0.2) is 0 Å². The van der Waals surface area contributed by atoms with Crippen molar-refractivity contribution < 1.29 is 9.90 Å². The van der Waals surface area contributed by atoms with Gasteiger partial charge in [-0.2, -0.15) is 0 Å². The number of carbonyl (C=O) groups is 1. The van der Waals surface area contributed by atoms with Crippen molar-refractivity contribution in [3.05, 3.63) is 0 Å². The Labute approximate surface area is 65.2 Å². The first-order valence-electron chi connectivity index (χ1n) is 2.58. The zero-order valence-electron chi connectivity index (χ0n) is 5.33. The van der Waals surface area contributed by atoms with E-state index in [1.807, 2.05) is 0 Å². The van der Waals surface area contributed by atoms with Crippen molar-refractivity contribution in [3.63, 3.8) is 0 Å². The minimum atomic E-state index is -0.181. The molecule has 56 valence electrons. The largest absolute Gasteiger partial charge is 0.396 e. The third-order valence-corrected chi connectivity index (χ3v) is 0.975. The van der Waals surface area contributed by atoms with Gasteiger partial charge in [-0.05, 0) is 13.5 Å². The molecule has 0 aromatic heterocycles. The van der Waals surface area contributed by atoms with Gasteiger partial charge in [0.25, 0.3) is 0 Å². The van der Waals surface area contributed by atoms with Gasteiger partial charge in [0.2, 0.25) is 0 Å². The second-order valence-electron chi connectivity index (χ2n) is 1.54. The van der Waals surface area contributed by atoms with Gasteiger partial charge in [0.05, 0.1) is 6.04 Å². The van der Waals surface area contributed by atoms with Crippen LogP contribution in [-0.2, 0) is 4.79 Å². The second-order valence-corrected chi connectivity index (χ2v) is 1.54. The standard InChI is InChI=1S/C5H11NO2.BrH/c1-6-5(4-8)2-3-7;/h4-7H,2-3H2,1H3;1H. The first-order chi connectivity index (χ1) is 3.85. The number of nitrogens with one attached hydrogen (secondary N) is 1. The maximum absolute atomic E-state index is 9.95. The van der Waals surface area contributed by atoms with Crippen molar-refractivity contribution in [3.8, 4) is 0 Å². The lowest BCUT2D eigenvalue weighted by atomic mass is 10.2. The Morgan fingerprint density at radius 2 is 2.33 bits per heavy atom. The van der Waals surface area contributed by atoms with Crippen LogP contribution in [0.4, 0.5) is 0 Å². The van der Waals surface area contributed by atoms with Crippen LogP contribution in [0.3, 0.4) is 0 Å². The first kappa shape index (κ1) is 11.8. The molecule has 0 bridgehead atoms. The van der Waals surface area contributed by atoms with Crippen LogP contribution in [0.15, 0.2) is 0 Å². The number of hydrogen-bond acceptors (Lipinski definition) is 3. The molecule has 0 spiro atoms. The summed E-state index contributed by atoms with van der Waals surface area (Å²) in [6.07, 6.45) is 1.29. The average Bonchev–Trinajstić information content (AvgIpc) is 1.83. The fraction of sp³-hybridized carbons (Fsp3) is 0.800. The Bertz CT molecular complexity index is 70.0. The summed E-state index contributed by atoms with van der Waals surface area (Å²) in [5, 5.41) is 11.0. The molecule has 0 saturated heterocycles. The average molecular weight is 198 g/mol. The highest BCUT2D eigenvalue weighted by atomic mass is 79.9. The third-order valence-electron chi connectivity index (χ3n) is 0.975. The minimum Gasteiger partial charge on any atom is -0.396 e. The molecule has 0 aromatic rings. The lowest BCUT2D eigenvalue weighted by molar-refractivity contribution is -0.109. The Kier molecular flexibility index (Phi) is 10.6. The molecule has 4 heteroatoms. The molecule has 3 nitrogen and oxygen atoms in total. The third kappa shape index (κ3) is 5.95. The fourth-order valence-corrected chi connectivity index (χ4v) is 0.420. The number of carbonyl (C=O) groups excluding carboxylic acids is 1. The number of likely N-dealkylation sites (N-methyl/N-ethyl adjacent to an activating group) is 1. The van der Waals surface area contributed by atoms with E-state index in [9.17, 15) is 4.79 Å². The Hall–Kier alpha value is 0.0700. The molecule has 1 unspecified atom stereocenters. The number of hydrogen-bond donors (Lipinski definition) is 2. The van der Waals surface area contributed by atoms with Gasteiger partial charge < -0.3 is 15.2 Å². The molecular formula is C5H12BrNO2. The molecule has 0 aliphatic heterocycles. The van der Waals surface area contributed by atoms with E-state index >= 15 is 0 Å². The Balaban J connectivity index is 0. The maximum atomic E-state index is 9.95. The monoisotopic (exact) mass is 197 g/mol. The van der Waals surface area contributed by atoms with Crippen molar-refractivity contribution in [2.24, 2.45) is 0 Å². The van der Waals surface area contributed by atoms with Crippen LogP contribution in [0.5, 0.6) is 0 Å². The number of aliphatic hydroxyl groups excluding tert-OH is 1. The summed E-state index contributed by atoms with van der Waals surface area (Å²) >= 11 is 0. The molecule has 9 heavy (non-hydrogen) atoms. The maximum Gasteiger partial charge on any atom is 0.136 e. The van der Waals surface area contributed by atoms with E-state index in [1.54, 1.807) is 7.05 Å². The van der Waals surface area contributed by atoms with E-state index < -0.39 is 0 Å². The van der Waals surface area contributed by atoms with Gasteiger partial charge in [-0.1, -0.05) is 0 Å². The van der Waals surface area contributed by atoms with Crippen LogP contribution >= 0.6 is 17.0 Å². The van der Waals surface area contributed by atoms with Crippen molar-refractivity contribution >= 4 is 23.3 Å². The molecule has 1 atom stereocenters. The SMILES string of the molecule is Br.CNC(C=O)CCO. The lowest BCUT2D eigenvalue weighted by Gasteiger charge is -2.03. The van der Waals surface area contributed by atoms with Gasteiger partial charge in [0, 0.05) is 6.61 Å². The first-order valence-corrected chi connectivity index (χ1v) is 2.58. The van der Waals surface area contributed by atoms with Crippen LogP contribution < -0.4 is 5.32 Å². The van der Waals surface area contributed by atoms with Crippen molar-refractivity contribution in [1.29, 1.82) is 0 Å². The predicted octanol–water partition coefficient (Wildman–Crippen LogP) is -0.266.